The van der Waals surface area contributed by atoms with Crippen molar-refractivity contribution in [3.05, 3.63) is 0 Å². The van der Waals surface area contributed by atoms with Crippen molar-refractivity contribution in [3.8, 4) is 0 Å². The Kier molecular flexibility index (Phi) is 3.00. The third-order valence-corrected chi connectivity index (χ3v) is 3.73. The first kappa shape index (κ1) is 11.9. The highest BCUT2D eigenvalue weighted by atomic mass is 32.2. The molecule has 1 N–H and O–H groups in total. The Morgan fingerprint density at radius 2 is 2.13 bits per heavy atom. The van der Waals surface area contributed by atoms with Gasteiger partial charge in [-0.25, -0.2) is 9.10 Å². The summed E-state index contributed by atoms with van der Waals surface area (Å²) in [5.74, 6) is -1.43. The molecule has 0 aromatic heterocycles. The van der Waals surface area contributed by atoms with E-state index in [1.54, 1.807) is 0 Å². The van der Waals surface area contributed by atoms with E-state index in [1.807, 2.05) is 0 Å². The number of rotatable bonds is 2. The first-order chi connectivity index (χ1) is 6.81. The number of hydrogen-bond donors (Lipinski definition) is 1. The zero-order valence-electron chi connectivity index (χ0n) is 8.55. The highest BCUT2D eigenvalue weighted by molar-refractivity contribution is 7.88. The average Bonchev–Trinajstić information content (AvgIpc) is 2.34. The Morgan fingerprint density at radius 3 is 2.47 bits per heavy atom. The van der Waals surface area contributed by atoms with Gasteiger partial charge in [-0.15, -0.1) is 0 Å². The average molecular weight is 236 g/mol. The summed E-state index contributed by atoms with van der Waals surface area (Å²) in [5, 5.41) is 0. The zero-order valence-corrected chi connectivity index (χ0v) is 9.37. The van der Waals surface area contributed by atoms with Crippen LogP contribution in [0, 0.1) is 0 Å². The van der Waals surface area contributed by atoms with Gasteiger partial charge in [0.05, 0.1) is 7.11 Å². The van der Waals surface area contributed by atoms with Gasteiger partial charge in [0.1, 0.15) is 12.1 Å². The van der Waals surface area contributed by atoms with Crippen LogP contribution in [-0.4, -0.2) is 43.8 Å². The molecular formula is C7H12N2O5S. The van der Waals surface area contributed by atoms with Gasteiger partial charge in [0.2, 0.25) is 0 Å². The summed E-state index contributed by atoms with van der Waals surface area (Å²) in [6, 6.07) is -1.99. The number of ether oxygens (including phenoxy) is 1. The number of nitrogens with one attached hydrogen (secondary N) is 1. The molecule has 0 radical (unpaired) electrons. The second-order valence-corrected chi connectivity index (χ2v) is 4.76. The summed E-state index contributed by atoms with van der Waals surface area (Å²) >= 11 is 0. The van der Waals surface area contributed by atoms with Crippen molar-refractivity contribution >= 4 is 22.1 Å². The molecule has 1 amide bonds. The van der Waals surface area contributed by atoms with Crippen LogP contribution >= 0.6 is 0 Å². The Labute approximate surface area is 87.6 Å². The van der Waals surface area contributed by atoms with Gasteiger partial charge < -0.3 is 4.74 Å². The maximum absolute atomic E-state index is 11.5. The van der Waals surface area contributed by atoms with Crippen LogP contribution in [0.25, 0.3) is 0 Å². The van der Waals surface area contributed by atoms with Crippen LogP contribution in [-0.2, 0) is 24.5 Å². The maximum atomic E-state index is 11.5. The fourth-order valence-corrected chi connectivity index (χ4v) is 2.86. The lowest BCUT2D eigenvalue weighted by Gasteiger charge is -2.19. The normalized spacial score (nSPS) is 26.5. The molecule has 1 aliphatic heterocycles. The van der Waals surface area contributed by atoms with E-state index in [4.69, 9.17) is 0 Å². The summed E-state index contributed by atoms with van der Waals surface area (Å²) in [6.07, 6.45) is 0. The molecule has 1 aliphatic rings. The number of methoxy groups -OCH3 is 1. The molecule has 1 heterocycles. The van der Waals surface area contributed by atoms with Crippen LogP contribution in [0.4, 0.5) is 0 Å². The fourth-order valence-electron chi connectivity index (χ4n) is 1.31. The summed E-state index contributed by atoms with van der Waals surface area (Å²) in [6.45, 7) is 2.70. The smallest absolute Gasteiger partial charge is 0.329 e. The number of carbonyl (C=O) groups excluding carboxylic acids is 2. The van der Waals surface area contributed by atoms with Crippen LogP contribution < -0.4 is 4.72 Å². The Hall–Kier alpha value is -1.15. The minimum Gasteiger partial charge on any atom is -0.467 e. The minimum atomic E-state index is -3.91. The molecule has 1 fully saturated rings. The topological polar surface area (TPSA) is 92.8 Å². The van der Waals surface area contributed by atoms with Crippen molar-refractivity contribution in [1.29, 1.82) is 0 Å². The standard InChI is InChI=1S/C7H12N2O5S/c1-4-6(10)9(15(12,13)8-4)5(2)7(11)14-3/h4-5,8H,1-3H3. The molecule has 0 bridgehead atoms. The number of amides is 1. The molecule has 0 aromatic rings. The second kappa shape index (κ2) is 3.78. The SMILES string of the molecule is COC(=O)C(C)N1C(=O)C(C)NS1(=O)=O. The van der Waals surface area contributed by atoms with Gasteiger partial charge in [0, 0.05) is 0 Å². The quantitative estimate of drug-likeness (QED) is 0.596. The molecule has 0 spiro atoms. The van der Waals surface area contributed by atoms with Crippen LogP contribution in [0.2, 0.25) is 0 Å². The monoisotopic (exact) mass is 236 g/mol. The molecule has 86 valence electrons. The lowest BCUT2D eigenvalue weighted by Crippen LogP contribution is -2.44. The van der Waals surface area contributed by atoms with E-state index in [0.29, 0.717) is 4.31 Å². The fraction of sp³-hybridized carbons (Fsp3) is 0.714. The van der Waals surface area contributed by atoms with E-state index in [0.717, 1.165) is 7.11 Å². The third-order valence-electron chi connectivity index (χ3n) is 2.07. The summed E-state index contributed by atoms with van der Waals surface area (Å²) < 4.78 is 29.8. The molecule has 2 unspecified atom stereocenters. The highest BCUT2D eigenvalue weighted by Crippen LogP contribution is 2.16. The maximum Gasteiger partial charge on any atom is 0.329 e. The molecule has 1 saturated heterocycles. The van der Waals surface area contributed by atoms with E-state index in [-0.39, 0.29) is 0 Å². The van der Waals surface area contributed by atoms with Gasteiger partial charge in [-0.2, -0.15) is 13.1 Å². The zero-order chi connectivity index (χ0) is 11.8. The van der Waals surface area contributed by atoms with Crippen LogP contribution in [0.1, 0.15) is 13.8 Å². The van der Waals surface area contributed by atoms with Crippen molar-refractivity contribution in [1.82, 2.24) is 9.03 Å². The Morgan fingerprint density at radius 1 is 1.60 bits per heavy atom. The molecule has 8 heteroatoms. The molecule has 0 aliphatic carbocycles. The predicted octanol–water partition coefficient (Wildman–Crippen LogP) is -1.39. The molecule has 0 aromatic carbocycles. The number of hydrogen-bond acceptors (Lipinski definition) is 5. The van der Waals surface area contributed by atoms with Crippen molar-refractivity contribution in [3.63, 3.8) is 0 Å². The lowest BCUT2D eigenvalue weighted by molar-refractivity contribution is -0.148. The van der Waals surface area contributed by atoms with Gasteiger partial charge in [-0.05, 0) is 13.8 Å². The lowest BCUT2D eigenvalue weighted by atomic mass is 10.3. The summed E-state index contributed by atoms with van der Waals surface area (Å²) in [7, 11) is -2.78. The molecular weight excluding hydrogens is 224 g/mol. The second-order valence-electron chi connectivity index (χ2n) is 3.18. The number of nitrogens with zero attached hydrogens (tertiary/aromatic N) is 1. The van der Waals surface area contributed by atoms with E-state index in [2.05, 4.69) is 9.46 Å². The van der Waals surface area contributed by atoms with Gasteiger partial charge in [-0.3, -0.25) is 4.79 Å². The Bertz CT molecular complexity index is 390. The molecule has 7 nitrogen and oxygen atoms in total. The van der Waals surface area contributed by atoms with Crippen LogP contribution in [0.5, 0.6) is 0 Å². The largest absolute Gasteiger partial charge is 0.467 e. The van der Waals surface area contributed by atoms with Crippen LogP contribution in [0.3, 0.4) is 0 Å². The van der Waals surface area contributed by atoms with E-state index >= 15 is 0 Å². The van der Waals surface area contributed by atoms with E-state index in [1.165, 1.54) is 13.8 Å². The van der Waals surface area contributed by atoms with Crippen molar-refractivity contribution in [2.75, 3.05) is 7.11 Å². The summed E-state index contributed by atoms with van der Waals surface area (Å²) in [4.78, 5) is 22.6. The molecule has 0 saturated carbocycles. The van der Waals surface area contributed by atoms with Gasteiger partial charge >= 0.3 is 16.2 Å². The molecule has 1 rings (SSSR count). The van der Waals surface area contributed by atoms with Gasteiger partial charge in [0.25, 0.3) is 5.91 Å². The third kappa shape index (κ3) is 1.95. The van der Waals surface area contributed by atoms with E-state index in [9.17, 15) is 18.0 Å². The molecule has 15 heavy (non-hydrogen) atoms. The van der Waals surface area contributed by atoms with E-state index < -0.39 is 34.2 Å². The number of esters is 1. The van der Waals surface area contributed by atoms with Crippen molar-refractivity contribution in [2.24, 2.45) is 0 Å². The van der Waals surface area contributed by atoms with Crippen molar-refractivity contribution < 1.29 is 22.7 Å². The van der Waals surface area contributed by atoms with Crippen LogP contribution in [0.15, 0.2) is 0 Å². The number of carbonyl (C=O) groups is 2. The highest BCUT2D eigenvalue weighted by Gasteiger charge is 2.45. The first-order valence-electron chi connectivity index (χ1n) is 4.24. The Balaban J connectivity index is 3.04. The minimum absolute atomic E-state index is 0.503. The van der Waals surface area contributed by atoms with Gasteiger partial charge in [-0.1, -0.05) is 0 Å². The summed E-state index contributed by atoms with van der Waals surface area (Å²) in [5.41, 5.74) is 0. The van der Waals surface area contributed by atoms with Crippen molar-refractivity contribution in [2.45, 2.75) is 25.9 Å². The van der Waals surface area contributed by atoms with Gasteiger partial charge in [0.15, 0.2) is 0 Å². The molecule has 2 atom stereocenters. The predicted molar refractivity (Wildman–Crippen MR) is 49.8 cm³/mol. The first-order valence-corrected chi connectivity index (χ1v) is 5.68.